The number of benzene rings is 3. The molecular weight excluding hydrogens is 819 g/mol. The van der Waals surface area contributed by atoms with Gasteiger partial charge in [-0.3, -0.25) is 9.78 Å². The van der Waals surface area contributed by atoms with E-state index >= 15 is 0 Å². The predicted molar refractivity (Wildman–Crippen MR) is 211 cm³/mol. The van der Waals surface area contributed by atoms with Crippen molar-refractivity contribution >= 4 is 69.5 Å². The molecular formula is C43H50IrNO2S2-. The van der Waals surface area contributed by atoms with Crippen LogP contribution in [0.25, 0.3) is 52.3 Å². The van der Waals surface area contributed by atoms with Crippen LogP contribution in [0.1, 0.15) is 99.1 Å². The number of hydrogen-bond donors (Lipinski definition) is 1. The number of thiophene rings is 2. The van der Waals surface area contributed by atoms with Crippen LogP contribution in [-0.4, -0.2) is 15.9 Å². The average molecular weight is 869 g/mol. The molecule has 0 aliphatic rings. The third kappa shape index (κ3) is 7.59. The molecule has 1 N–H and O–H groups in total. The second kappa shape index (κ2) is 15.2. The number of nitrogens with zero attached hydrogens (tertiary/aromatic N) is 1. The number of fused-ring (bicyclic) bond motifs is 5. The fourth-order valence-corrected chi connectivity index (χ4v) is 8.40. The summed E-state index contributed by atoms with van der Waals surface area (Å²) in [6.45, 7) is 21.1. The molecule has 6 rings (SSSR count). The summed E-state index contributed by atoms with van der Waals surface area (Å²) in [5, 5.41) is 18.7. The zero-order valence-corrected chi connectivity index (χ0v) is 34.7. The van der Waals surface area contributed by atoms with Crippen LogP contribution in [-0.2, 0) is 30.3 Å². The number of aliphatic hydroxyl groups is 1. The minimum Gasteiger partial charge on any atom is -0.512 e. The number of rotatable bonds is 8. The molecule has 0 atom stereocenters. The Kier molecular flexibility index (Phi) is 12.0. The third-order valence-corrected chi connectivity index (χ3v) is 12.9. The normalized spacial score (nSPS) is 12.7. The van der Waals surface area contributed by atoms with Crippen LogP contribution in [0.3, 0.4) is 0 Å². The number of hydrogen-bond acceptors (Lipinski definition) is 5. The SMILES string of the molecule is CCC(C)(CC)C(=O)/C=C(\O)C(C)(CC)CC.Cc1csc2cc3sc4ccnc(-c5[c-]c6ccccc6c(C(C)(C)C)c5)c4c3cc12.[Ir]. The van der Waals surface area contributed by atoms with E-state index in [1.165, 1.54) is 52.8 Å². The summed E-state index contributed by atoms with van der Waals surface area (Å²) in [6.07, 6.45) is 6.70. The van der Waals surface area contributed by atoms with Gasteiger partial charge in [0.1, 0.15) is 5.76 Å². The monoisotopic (exact) mass is 869 g/mol. The molecule has 0 unspecified atom stereocenters. The molecule has 0 spiro atoms. The molecule has 0 aliphatic carbocycles. The number of allylic oxidation sites excluding steroid dienone is 2. The van der Waals surface area contributed by atoms with Gasteiger partial charge in [-0.1, -0.05) is 91.5 Å². The number of carbonyl (C=O) groups excluding carboxylic acids is 1. The average Bonchev–Trinajstić information content (AvgIpc) is 3.64. The fraction of sp³-hybridized carbons (Fsp3) is 0.395. The molecule has 3 aromatic heterocycles. The van der Waals surface area contributed by atoms with Crippen LogP contribution in [0.2, 0.25) is 0 Å². The summed E-state index contributed by atoms with van der Waals surface area (Å²) >= 11 is 3.69. The Morgan fingerprint density at radius 2 is 1.49 bits per heavy atom. The van der Waals surface area contributed by atoms with E-state index in [9.17, 15) is 9.90 Å². The molecule has 0 saturated heterocycles. The zero-order valence-electron chi connectivity index (χ0n) is 30.6. The maximum atomic E-state index is 12.2. The van der Waals surface area contributed by atoms with E-state index in [4.69, 9.17) is 4.98 Å². The van der Waals surface area contributed by atoms with Crippen molar-refractivity contribution in [3.05, 3.63) is 89.1 Å². The summed E-state index contributed by atoms with van der Waals surface area (Å²) in [5.41, 5.74) is 4.23. The van der Waals surface area contributed by atoms with E-state index < -0.39 is 0 Å². The Balaban J connectivity index is 0.000000260. The Labute approximate surface area is 314 Å². The number of pyridine rings is 1. The molecule has 261 valence electrons. The first-order chi connectivity index (χ1) is 22.7. The van der Waals surface area contributed by atoms with Gasteiger partial charge in [-0.15, -0.1) is 51.8 Å². The molecule has 3 nitrogen and oxygen atoms in total. The van der Waals surface area contributed by atoms with Crippen molar-refractivity contribution in [1.29, 1.82) is 0 Å². The number of carbonyl (C=O) groups is 1. The molecule has 6 aromatic rings. The summed E-state index contributed by atoms with van der Waals surface area (Å²) in [7, 11) is 0. The molecule has 0 fully saturated rings. The van der Waals surface area contributed by atoms with Crippen molar-refractivity contribution in [2.24, 2.45) is 10.8 Å². The summed E-state index contributed by atoms with van der Waals surface area (Å²) in [4.78, 5) is 17.1. The van der Waals surface area contributed by atoms with Crippen molar-refractivity contribution in [3.8, 4) is 11.3 Å². The van der Waals surface area contributed by atoms with Gasteiger partial charge in [-0.2, -0.15) is 0 Å². The molecule has 0 saturated carbocycles. The molecule has 3 heterocycles. The Morgan fingerprint density at radius 1 is 0.837 bits per heavy atom. The van der Waals surface area contributed by atoms with Crippen LogP contribution < -0.4 is 0 Å². The minimum atomic E-state index is -0.337. The Bertz CT molecular complexity index is 2140. The van der Waals surface area contributed by atoms with Gasteiger partial charge in [0, 0.05) is 63.0 Å². The van der Waals surface area contributed by atoms with E-state index in [1.54, 1.807) is 0 Å². The largest absolute Gasteiger partial charge is 0.512 e. The molecule has 0 aliphatic heterocycles. The van der Waals surface area contributed by atoms with Gasteiger partial charge >= 0.3 is 0 Å². The van der Waals surface area contributed by atoms with Crippen molar-refractivity contribution in [1.82, 2.24) is 4.98 Å². The smallest absolute Gasteiger partial charge is 0.164 e. The quantitative estimate of drug-likeness (QED) is 0.0942. The van der Waals surface area contributed by atoms with Crippen molar-refractivity contribution in [3.63, 3.8) is 0 Å². The van der Waals surface area contributed by atoms with Gasteiger partial charge in [0.05, 0.1) is 0 Å². The Hall–Kier alpha value is -2.89. The second-order valence-corrected chi connectivity index (χ2v) is 16.7. The predicted octanol–water partition coefficient (Wildman–Crippen LogP) is 13.5. The van der Waals surface area contributed by atoms with E-state index in [0.29, 0.717) is 0 Å². The van der Waals surface area contributed by atoms with Crippen LogP contribution in [0.5, 0.6) is 0 Å². The maximum Gasteiger partial charge on any atom is 0.164 e. The first-order valence-electron chi connectivity index (χ1n) is 17.3. The first kappa shape index (κ1) is 38.9. The molecule has 0 amide bonds. The van der Waals surface area contributed by atoms with E-state index in [0.717, 1.165) is 42.3 Å². The Morgan fingerprint density at radius 3 is 2.12 bits per heavy atom. The standard InChI is InChI=1S/C28H22NS2.C15H28O2.Ir/c1-16-15-30-24-14-25-21(13-20(16)24)26-23(31-25)9-10-29-27(26)18-11-17-7-5-6-8-19(17)22(12-18)28(2,3)4;1-7-14(5,8-2)12(16)11-13(17)15(6,9-3)10-4;/h5-10,12-15H,1-4H3;11,16H,7-10H2,1-6H3;/q-1;;/b;12-11-;. The van der Waals surface area contributed by atoms with Gasteiger partial charge in [-0.25, -0.2) is 0 Å². The van der Waals surface area contributed by atoms with E-state index in [2.05, 4.69) is 87.7 Å². The van der Waals surface area contributed by atoms with Gasteiger partial charge in [0.15, 0.2) is 5.78 Å². The van der Waals surface area contributed by atoms with Crippen LogP contribution in [0.15, 0.2) is 71.9 Å². The second-order valence-electron chi connectivity index (χ2n) is 14.7. The number of aromatic nitrogens is 1. The number of aliphatic hydroxyl groups excluding tert-OH is 1. The van der Waals surface area contributed by atoms with Crippen LogP contribution >= 0.6 is 22.7 Å². The summed E-state index contributed by atoms with van der Waals surface area (Å²) in [6, 6.07) is 21.4. The first-order valence-corrected chi connectivity index (χ1v) is 19.0. The third-order valence-electron chi connectivity index (χ3n) is 10.7. The van der Waals surface area contributed by atoms with Gasteiger partial charge in [0.2, 0.25) is 0 Å². The zero-order chi connectivity index (χ0) is 35.0. The van der Waals surface area contributed by atoms with Gasteiger partial charge in [0.25, 0.3) is 0 Å². The summed E-state index contributed by atoms with van der Waals surface area (Å²) < 4.78 is 3.97. The maximum absolute atomic E-state index is 12.2. The molecule has 3 aromatic carbocycles. The molecule has 1 radical (unpaired) electrons. The molecule has 6 heteroatoms. The fourth-order valence-electron chi connectivity index (χ4n) is 6.24. The van der Waals surface area contributed by atoms with Crippen molar-refractivity contribution < 1.29 is 30.0 Å². The number of aryl methyl sites for hydroxylation is 1. The van der Waals surface area contributed by atoms with Gasteiger partial charge < -0.3 is 5.11 Å². The summed E-state index contributed by atoms with van der Waals surface area (Å²) in [5.74, 6) is 0.286. The minimum absolute atomic E-state index is 0. The van der Waals surface area contributed by atoms with Crippen molar-refractivity contribution in [2.75, 3.05) is 0 Å². The van der Waals surface area contributed by atoms with Crippen LogP contribution in [0.4, 0.5) is 0 Å². The van der Waals surface area contributed by atoms with Gasteiger partial charge in [-0.05, 0) is 83.3 Å². The van der Waals surface area contributed by atoms with E-state index in [1.807, 2.05) is 70.4 Å². The van der Waals surface area contributed by atoms with Crippen molar-refractivity contribution in [2.45, 2.75) is 100 Å². The topological polar surface area (TPSA) is 50.2 Å². The number of ketones is 1. The molecule has 49 heavy (non-hydrogen) atoms. The molecule has 0 bridgehead atoms. The van der Waals surface area contributed by atoms with E-state index in [-0.39, 0.29) is 47.9 Å². The van der Waals surface area contributed by atoms with Crippen LogP contribution in [0, 0.1) is 23.8 Å².